The molecule has 0 aliphatic carbocycles. The molecule has 26 heavy (non-hydrogen) atoms. The van der Waals surface area contributed by atoms with Gasteiger partial charge in [0.15, 0.2) is 17.2 Å². The van der Waals surface area contributed by atoms with Gasteiger partial charge in [0.25, 0.3) is 5.91 Å². The first kappa shape index (κ1) is 17.4. The second-order valence-electron chi connectivity index (χ2n) is 5.99. The van der Waals surface area contributed by atoms with Crippen molar-refractivity contribution in [2.75, 3.05) is 12.4 Å². The molecular formula is C18H17N3O5. The van der Waals surface area contributed by atoms with Crippen molar-refractivity contribution in [1.82, 2.24) is 4.98 Å². The average molecular weight is 355 g/mol. The van der Waals surface area contributed by atoms with E-state index in [4.69, 9.17) is 9.15 Å². The van der Waals surface area contributed by atoms with E-state index in [2.05, 4.69) is 10.3 Å². The number of hydrogen-bond acceptors (Lipinski definition) is 6. The molecule has 1 heterocycles. The van der Waals surface area contributed by atoms with Gasteiger partial charge >= 0.3 is 5.69 Å². The maximum Gasteiger partial charge on any atom is 0.311 e. The SMILES string of the molecule is COc1ccc(C(=O)Nc2ccc3oc(C(C)C)nc3c2)cc1[N+](=O)[O-]. The molecule has 1 amide bonds. The van der Waals surface area contributed by atoms with Crippen molar-refractivity contribution >= 4 is 28.4 Å². The maximum absolute atomic E-state index is 12.4. The predicted octanol–water partition coefficient (Wildman–Crippen LogP) is 4.12. The first-order valence-corrected chi connectivity index (χ1v) is 7.93. The summed E-state index contributed by atoms with van der Waals surface area (Å²) in [5, 5.41) is 13.8. The number of methoxy groups -OCH3 is 1. The van der Waals surface area contributed by atoms with Gasteiger partial charge in [-0.25, -0.2) is 4.98 Å². The van der Waals surface area contributed by atoms with Gasteiger partial charge in [0.05, 0.1) is 12.0 Å². The average Bonchev–Trinajstić information content (AvgIpc) is 3.04. The standard InChI is InChI=1S/C18H17N3O5/c1-10(2)18-20-13-9-12(5-7-15(13)26-18)19-17(22)11-4-6-16(25-3)14(8-11)21(23)24/h4-10H,1-3H3,(H,19,22). The van der Waals surface area contributed by atoms with E-state index in [-0.39, 0.29) is 22.9 Å². The Bertz CT molecular complexity index is 994. The summed E-state index contributed by atoms with van der Waals surface area (Å²) in [6, 6.07) is 9.14. The number of hydrogen-bond donors (Lipinski definition) is 1. The molecule has 0 bridgehead atoms. The van der Waals surface area contributed by atoms with E-state index >= 15 is 0 Å². The number of nitrogens with zero attached hydrogens (tertiary/aromatic N) is 2. The van der Waals surface area contributed by atoms with E-state index in [0.29, 0.717) is 22.7 Å². The summed E-state index contributed by atoms with van der Waals surface area (Å²) in [7, 11) is 1.33. The van der Waals surface area contributed by atoms with Gasteiger partial charge in [0.1, 0.15) is 5.52 Å². The Kier molecular flexibility index (Phi) is 4.57. The Morgan fingerprint density at radius 1 is 1.27 bits per heavy atom. The summed E-state index contributed by atoms with van der Waals surface area (Å²) in [5.74, 6) is 0.397. The summed E-state index contributed by atoms with van der Waals surface area (Å²) in [6.45, 7) is 3.95. The van der Waals surface area contributed by atoms with Crippen molar-refractivity contribution in [2.45, 2.75) is 19.8 Å². The van der Waals surface area contributed by atoms with Crippen LogP contribution in [0.25, 0.3) is 11.1 Å². The number of nitro groups is 1. The van der Waals surface area contributed by atoms with Crippen LogP contribution in [0, 0.1) is 10.1 Å². The zero-order valence-electron chi connectivity index (χ0n) is 14.5. The van der Waals surface area contributed by atoms with Crippen LogP contribution in [0.5, 0.6) is 5.75 Å². The number of amides is 1. The monoisotopic (exact) mass is 355 g/mol. The van der Waals surface area contributed by atoms with Gasteiger partial charge in [-0.2, -0.15) is 0 Å². The smallest absolute Gasteiger partial charge is 0.311 e. The number of fused-ring (bicyclic) bond motifs is 1. The quantitative estimate of drug-likeness (QED) is 0.545. The molecule has 0 saturated carbocycles. The molecular weight excluding hydrogens is 338 g/mol. The van der Waals surface area contributed by atoms with Crippen LogP contribution in [-0.4, -0.2) is 22.9 Å². The van der Waals surface area contributed by atoms with Crippen LogP contribution in [0.4, 0.5) is 11.4 Å². The predicted molar refractivity (Wildman–Crippen MR) is 95.7 cm³/mol. The number of ether oxygens (including phenoxy) is 1. The molecule has 0 atom stereocenters. The number of benzene rings is 2. The molecule has 3 aromatic rings. The highest BCUT2D eigenvalue weighted by Gasteiger charge is 2.18. The summed E-state index contributed by atoms with van der Waals surface area (Å²) >= 11 is 0. The number of aromatic nitrogens is 1. The van der Waals surface area contributed by atoms with E-state index in [0.717, 1.165) is 0 Å². The van der Waals surface area contributed by atoms with Gasteiger partial charge in [0.2, 0.25) is 0 Å². The third-order valence-electron chi connectivity index (χ3n) is 3.79. The molecule has 1 N–H and O–H groups in total. The molecule has 0 fully saturated rings. The largest absolute Gasteiger partial charge is 0.490 e. The second-order valence-corrected chi connectivity index (χ2v) is 5.99. The van der Waals surface area contributed by atoms with Gasteiger partial charge in [-0.15, -0.1) is 0 Å². The van der Waals surface area contributed by atoms with E-state index < -0.39 is 10.8 Å². The van der Waals surface area contributed by atoms with Crippen molar-refractivity contribution in [2.24, 2.45) is 0 Å². The zero-order chi connectivity index (χ0) is 18.8. The lowest BCUT2D eigenvalue weighted by atomic mass is 10.1. The lowest BCUT2D eigenvalue weighted by molar-refractivity contribution is -0.385. The van der Waals surface area contributed by atoms with Crippen molar-refractivity contribution in [1.29, 1.82) is 0 Å². The Balaban J connectivity index is 1.86. The Morgan fingerprint density at radius 3 is 2.69 bits per heavy atom. The number of anilines is 1. The number of nitrogens with one attached hydrogen (secondary N) is 1. The van der Waals surface area contributed by atoms with Crippen LogP contribution in [-0.2, 0) is 0 Å². The zero-order valence-corrected chi connectivity index (χ0v) is 14.5. The molecule has 2 aromatic carbocycles. The first-order chi connectivity index (χ1) is 12.4. The third kappa shape index (κ3) is 3.34. The molecule has 1 aromatic heterocycles. The third-order valence-corrected chi connectivity index (χ3v) is 3.79. The van der Waals surface area contributed by atoms with E-state index in [9.17, 15) is 14.9 Å². The van der Waals surface area contributed by atoms with Gasteiger partial charge in [-0.05, 0) is 30.3 Å². The minimum atomic E-state index is -0.593. The number of rotatable bonds is 5. The molecule has 0 spiro atoms. The molecule has 134 valence electrons. The van der Waals surface area contributed by atoms with Crippen LogP contribution in [0.3, 0.4) is 0 Å². The summed E-state index contributed by atoms with van der Waals surface area (Å²) < 4.78 is 10.6. The van der Waals surface area contributed by atoms with Crippen molar-refractivity contribution in [3.63, 3.8) is 0 Å². The van der Waals surface area contributed by atoms with Crippen molar-refractivity contribution in [3.8, 4) is 5.75 Å². The van der Waals surface area contributed by atoms with Crippen molar-refractivity contribution < 1.29 is 18.9 Å². The van der Waals surface area contributed by atoms with Crippen LogP contribution >= 0.6 is 0 Å². The van der Waals surface area contributed by atoms with E-state index in [1.54, 1.807) is 18.2 Å². The molecule has 0 aliphatic heterocycles. The summed E-state index contributed by atoms with van der Waals surface area (Å²) in [6.07, 6.45) is 0. The highest BCUT2D eigenvalue weighted by atomic mass is 16.6. The van der Waals surface area contributed by atoms with Crippen LogP contribution in [0.1, 0.15) is 36.0 Å². The lowest BCUT2D eigenvalue weighted by Crippen LogP contribution is -2.12. The molecule has 3 rings (SSSR count). The van der Waals surface area contributed by atoms with Gasteiger partial charge in [-0.3, -0.25) is 14.9 Å². The second kappa shape index (κ2) is 6.83. The fraction of sp³-hybridized carbons (Fsp3) is 0.222. The molecule has 8 heteroatoms. The minimum absolute atomic E-state index is 0.0942. The van der Waals surface area contributed by atoms with Gasteiger partial charge in [0, 0.05) is 23.2 Å². The van der Waals surface area contributed by atoms with Crippen LogP contribution < -0.4 is 10.1 Å². The Morgan fingerprint density at radius 2 is 2.04 bits per heavy atom. The number of nitro benzene ring substituents is 1. The Labute approximate surface area is 148 Å². The number of carbonyl (C=O) groups is 1. The molecule has 0 aliphatic rings. The van der Waals surface area contributed by atoms with Crippen LogP contribution in [0.2, 0.25) is 0 Å². The fourth-order valence-corrected chi connectivity index (χ4v) is 2.45. The Hall–Kier alpha value is -3.42. The van der Waals surface area contributed by atoms with Crippen LogP contribution in [0.15, 0.2) is 40.8 Å². The highest BCUT2D eigenvalue weighted by Crippen LogP contribution is 2.28. The number of carbonyl (C=O) groups excluding carboxylic acids is 1. The topological polar surface area (TPSA) is 108 Å². The molecule has 0 saturated heterocycles. The summed E-state index contributed by atoms with van der Waals surface area (Å²) in [5.41, 5.74) is 1.66. The highest BCUT2D eigenvalue weighted by molar-refractivity contribution is 6.05. The number of oxazole rings is 1. The first-order valence-electron chi connectivity index (χ1n) is 7.93. The van der Waals surface area contributed by atoms with E-state index in [1.807, 2.05) is 13.8 Å². The minimum Gasteiger partial charge on any atom is -0.490 e. The summed E-state index contributed by atoms with van der Waals surface area (Å²) in [4.78, 5) is 27.3. The van der Waals surface area contributed by atoms with Gasteiger partial charge < -0.3 is 14.5 Å². The maximum atomic E-state index is 12.4. The lowest BCUT2D eigenvalue weighted by Gasteiger charge is -2.06. The normalized spacial score (nSPS) is 10.9. The van der Waals surface area contributed by atoms with Crippen molar-refractivity contribution in [3.05, 3.63) is 58.0 Å². The van der Waals surface area contributed by atoms with E-state index in [1.165, 1.54) is 25.3 Å². The fourth-order valence-electron chi connectivity index (χ4n) is 2.45. The van der Waals surface area contributed by atoms with Gasteiger partial charge in [-0.1, -0.05) is 13.8 Å². The molecule has 0 unspecified atom stereocenters. The molecule has 8 nitrogen and oxygen atoms in total. The molecule has 0 radical (unpaired) electrons.